The lowest BCUT2D eigenvalue weighted by Gasteiger charge is -2.34. The first-order chi connectivity index (χ1) is 18.0. The number of para-hydroxylation sites is 1. The Morgan fingerprint density at radius 3 is 2.57 bits per heavy atom. The molecule has 9 heteroatoms. The highest BCUT2D eigenvalue weighted by molar-refractivity contribution is 5.99. The van der Waals surface area contributed by atoms with Gasteiger partial charge in [-0.2, -0.15) is 9.98 Å². The van der Waals surface area contributed by atoms with E-state index in [-0.39, 0.29) is 17.0 Å². The van der Waals surface area contributed by atoms with Crippen molar-refractivity contribution in [2.45, 2.75) is 25.8 Å². The number of carbonyl (C=O) groups is 2. The van der Waals surface area contributed by atoms with E-state index in [0.717, 1.165) is 19.4 Å². The second-order valence-electron chi connectivity index (χ2n) is 8.76. The van der Waals surface area contributed by atoms with Crippen LogP contribution in [0.4, 0.5) is 10.6 Å². The van der Waals surface area contributed by atoms with E-state index in [9.17, 15) is 9.59 Å². The summed E-state index contributed by atoms with van der Waals surface area (Å²) in [5.74, 6) is 7.06. The highest BCUT2D eigenvalue weighted by atomic mass is 16.5. The first-order valence-corrected chi connectivity index (χ1v) is 12.1. The minimum atomic E-state index is -0.722. The van der Waals surface area contributed by atoms with Crippen molar-refractivity contribution >= 4 is 17.8 Å². The summed E-state index contributed by atoms with van der Waals surface area (Å²) >= 11 is 0. The van der Waals surface area contributed by atoms with Gasteiger partial charge in [0.15, 0.2) is 5.82 Å². The fraction of sp³-hybridized carbons (Fsp3) is 0.250. The number of piperidine rings is 1. The molecule has 186 valence electrons. The molecule has 9 nitrogen and oxygen atoms in total. The minimum Gasteiger partial charge on any atom is -0.457 e. The van der Waals surface area contributed by atoms with E-state index in [1.54, 1.807) is 24.3 Å². The smallest absolute Gasteiger partial charge is 0.368 e. The summed E-state index contributed by atoms with van der Waals surface area (Å²) in [4.78, 5) is 39.9. The van der Waals surface area contributed by atoms with Gasteiger partial charge in [0.25, 0.3) is 5.91 Å². The molecule has 3 N–H and O–H groups in total. The molecule has 0 aliphatic carbocycles. The van der Waals surface area contributed by atoms with Crippen LogP contribution < -0.4 is 31.4 Å². The van der Waals surface area contributed by atoms with Gasteiger partial charge in [0.1, 0.15) is 22.2 Å². The van der Waals surface area contributed by atoms with E-state index < -0.39 is 11.9 Å². The number of nitrogens with zero attached hydrogens (tertiary/aromatic N) is 4. The zero-order chi connectivity index (χ0) is 25.8. The number of carbonyl (C=O) groups excluding carboxylic acids is 2. The summed E-state index contributed by atoms with van der Waals surface area (Å²) in [6.45, 7) is 3.81. The van der Waals surface area contributed by atoms with Gasteiger partial charge >= 0.3 is 6.03 Å². The van der Waals surface area contributed by atoms with Gasteiger partial charge in [-0.3, -0.25) is 4.79 Å². The van der Waals surface area contributed by atoms with Crippen molar-refractivity contribution in [3.63, 3.8) is 0 Å². The minimum absolute atomic E-state index is 0.0787. The van der Waals surface area contributed by atoms with E-state index in [2.05, 4.69) is 32.0 Å². The maximum absolute atomic E-state index is 12.6. The maximum Gasteiger partial charge on any atom is 0.368 e. The van der Waals surface area contributed by atoms with Crippen molar-refractivity contribution in [2.24, 2.45) is 15.7 Å². The van der Waals surface area contributed by atoms with Crippen LogP contribution in [0.15, 0.2) is 64.6 Å². The SMILES string of the molecule is CC#CCN[C@H]1CCCN(c2nc(-c3ccc(Oc4ccccc4)cc3)c(C(N)=O)c3c2=NC(=O)N=3)C1. The molecule has 1 saturated heterocycles. The molecule has 3 aromatic rings. The van der Waals surface area contributed by atoms with Crippen LogP contribution >= 0.6 is 0 Å². The average molecular weight is 495 g/mol. The Morgan fingerprint density at radius 1 is 1.11 bits per heavy atom. The first-order valence-electron chi connectivity index (χ1n) is 12.1. The third kappa shape index (κ3) is 5.20. The van der Waals surface area contributed by atoms with Gasteiger partial charge in [-0.05, 0) is 56.2 Å². The zero-order valence-electron chi connectivity index (χ0n) is 20.4. The Balaban J connectivity index is 1.54. The number of anilines is 1. The molecule has 1 atom stereocenters. The topological polar surface area (TPSA) is 122 Å². The summed E-state index contributed by atoms with van der Waals surface area (Å²) in [7, 11) is 0. The van der Waals surface area contributed by atoms with Crippen molar-refractivity contribution in [1.82, 2.24) is 10.3 Å². The number of nitrogens with one attached hydrogen (secondary N) is 1. The zero-order valence-corrected chi connectivity index (χ0v) is 20.4. The number of nitrogens with two attached hydrogens (primary N) is 1. The Morgan fingerprint density at radius 2 is 1.84 bits per heavy atom. The fourth-order valence-corrected chi connectivity index (χ4v) is 4.57. The van der Waals surface area contributed by atoms with E-state index in [4.69, 9.17) is 15.5 Å². The molecule has 0 spiro atoms. The lowest BCUT2D eigenvalue weighted by Crippen LogP contribution is -2.49. The van der Waals surface area contributed by atoms with E-state index in [0.29, 0.717) is 47.0 Å². The fourth-order valence-electron chi connectivity index (χ4n) is 4.57. The molecule has 3 amide bonds. The quantitative estimate of drug-likeness (QED) is 0.487. The number of rotatable bonds is 7. The molecular weight excluding hydrogens is 468 g/mol. The number of aromatic nitrogens is 1. The van der Waals surface area contributed by atoms with Gasteiger partial charge in [-0.15, -0.1) is 5.92 Å². The van der Waals surface area contributed by atoms with Crippen LogP contribution in [-0.4, -0.2) is 42.6 Å². The second kappa shape index (κ2) is 10.6. The molecule has 1 fully saturated rings. The summed E-state index contributed by atoms with van der Waals surface area (Å²) in [6.07, 6.45) is 1.93. The van der Waals surface area contributed by atoms with Gasteiger partial charge in [0, 0.05) is 24.7 Å². The largest absolute Gasteiger partial charge is 0.457 e. The van der Waals surface area contributed by atoms with Crippen molar-refractivity contribution in [1.29, 1.82) is 0 Å². The van der Waals surface area contributed by atoms with Crippen molar-refractivity contribution < 1.29 is 14.3 Å². The third-order valence-electron chi connectivity index (χ3n) is 6.27. The molecule has 2 aliphatic rings. The van der Waals surface area contributed by atoms with Crippen molar-refractivity contribution in [2.75, 3.05) is 24.5 Å². The van der Waals surface area contributed by atoms with Crippen LogP contribution in [0.25, 0.3) is 11.3 Å². The molecule has 3 heterocycles. The Labute approximate surface area is 214 Å². The Hall–Kier alpha value is -4.55. The van der Waals surface area contributed by atoms with Crippen LogP contribution in [0.1, 0.15) is 30.1 Å². The molecule has 0 unspecified atom stereocenters. The number of primary amides is 1. The number of pyridine rings is 1. The van der Waals surface area contributed by atoms with Gasteiger partial charge in [0.05, 0.1) is 17.8 Å². The summed E-state index contributed by atoms with van der Waals surface area (Å²) in [6, 6.07) is 16.2. The monoisotopic (exact) mass is 494 g/mol. The average Bonchev–Trinajstić information content (AvgIpc) is 3.30. The maximum atomic E-state index is 12.6. The summed E-state index contributed by atoms with van der Waals surface area (Å²) in [5.41, 5.74) is 6.85. The predicted octanol–water partition coefficient (Wildman–Crippen LogP) is 2.59. The number of ether oxygens (including phenoxy) is 1. The van der Waals surface area contributed by atoms with Crippen LogP contribution in [-0.2, 0) is 0 Å². The number of fused-ring (bicyclic) bond motifs is 1. The van der Waals surface area contributed by atoms with Crippen LogP contribution in [0.5, 0.6) is 11.5 Å². The van der Waals surface area contributed by atoms with Gasteiger partial charge in [0.2, 0.25) is 0 Å². The first kappa shape index (κ1) is 24.2. The number of benzene rings is 2. The van der Waals surface area contributed by atoms with E-state index in [1.807, 2.05) is 37.3 Å². The summed E-state index contributed by atoms with van der Waals surface area (Å²) < 4.78 is 5.89. The lowest BCUT2D eigenvalue weighted by molar-refractivity contribution is 0.0999. The molecule has 37 heavy (non-hydrogen) atoms. The molecule has 0 bridgehead atoms. The highest BCUT2D eigenvalue weighted by Crippen LogP contribution is 2.27. The van der Waals surface area contributed by atoms with Crippen LogP contribution in [0.2, 0.25) is 0 Å². The number of hydrogen-bond acceptors (Lipinski definition) is 6. The molecule has 5 rings (SSSR count). The summed E-state index contributed by atoms with van der Waals surface area (Å²) in [5, 5.41) is 3.92. The van der Waals surface area contributed by atoms with Gasteiger partial charge < -0.3 is 20.7 Å². The molecule has 0 radical (unpaired) electrons. The molecular formula is C28H26N6O3. The van der Waals surface area contributed by atoms with E-state index >= 15 is 0 Å². The van der Waals surface area contributed by atoms with Crippen LogP contribution in [0.3, 0.4) is 0 Å². The van der Waals surface area contributed by atoms with Crippen molar-refractivity contribution in [3.8, 4) is 34.6 Å². The second-order valence-corrected chi connectivity index (χ2v) is 8.76. The predicted molar refractivity (Wildman–Crippen MR) is 139 cm³/mol. The Kier molecular flexibility index (Phi) is 6.92. The van der Waals surface area contributed by atoms with E-state index in [1.165, 1.54) is 0 Å². The highest BCUT2D eigenvalue weighted by Gasteiger charge is 2.28. The standard InChI is InChI=1S/C28H26N6O3/c1-2-3-15-30-19-8-7-16-34(17-19)27-25-24(32-28(36)33-25)22(26(29)35)23(31-27)18-11-13-21(14-12-18)37-20-9-5-4-6-10-20/h4-6,9-14,19,30H,7-8,15-17H2,1H3,(H2,29,35)/t19-/m0/s1. The normalized spacial score (nSPS) is 16.2. The number of amides is 3. The Bertz CT molecular complexity index is 1520. The van der Waals surface area contributed by atoms with Crippen LogP contribution in [0, 0.1) is 11.8 Å². The number of urea groups is 1. The number of hydrogen-bond donors (Lipinski definition) is 2. The molecule has 0 saturated carbocycles. The molecule has 2 aromatic carbocycles. The third-order valence-corrected chi connectivity index (χ3v) is 6.27. The van der Waals surface area contributed by atoms with Gasteiger partial charge in [-0.25, -0.2) is 9.78 Å². The van der Waals surface area contributed by atoms with Crippen molar-refractivity contribution in [3.05, 3.63) is 70.9 Å². The molecule has 2 aliphatic heterocycles. The van der Waals surface area contributed by atoms with Gasteiger partial charge in [-0.1, -0.05) is 24.1 Å². The molecule has 1 aromatic heterocycles. The lowest BCUT2D eigenvalue weighted by atomic mass is 10.0.